The summed E-state index contributed by atoms with van der Waals surface area (Å²) in [7, 11) is 0. The summed E-state index contributed by atoms with van der Waals surface area (Å²) in [6.45, 7) is 2.06. The van der Waals surface area contributed by atoms with Crippen molar-refractivity contribution in [3.63, 3.8) is 0 Å². The summed E-state index contributed by atoms with van der Waals surface area (Å²) in [5.74, 6) is -0.183. The van der Waals surface area contributed by atoms with Crippen LogP contribution < -0.4 is 0 Å². The van der Waals surface area contributed by atoms with Crippen molar-refractivity contribution in [3.8, 4) is 0 Å². The highest BCUT2D eigenvalue weighted by atomic mass is 16.4. The molecule has 0 aliphatic rings. The van der Waals surface area contributed by atoms with Crippen molar-refractivity contribution in [2.24, 2.45) is 0 Å². The average molecular weight is 219 g/mol. The third kappa shape index (κ3) is 2.18. The van der Waals surface area contributed by atoms with Gasteiger partial charge >= 0.3 is 5.97 Å². The fraction of sp³-hybridized carbons (Fsp3) is 0.364. The molecule has 84 valence electrons. The minimum atomic E-state index is -0.806. The molecule has 0 spiro atoms. The number of carbonyl (C=O) groups is 1. The second-order valence-corrected chi connectivity index (χ2v) is 3.65. The summed E-state index contributed by atoms with van der Waals surface area (Å²) in [6.07, 6.45) is 7.07. The number of hydrogen-bond donors (Lipinski definition) is 1. The van der Waals surface area contributed by atoms with Crippen molar-refractivity contribution in [1.82, 2.24) is 14.4 Å². The molecule has 16 heavy (non-hydrogen) atoms. The van der Waals surface area contributed by atoms with E-state index in [0.717, 1.165) is 17.7 Å². The Morgan fingerprint density at radius 2 is 2.31 bits per heavy atom. The summed E-state index contributed by atoms with van der Waals surface area (Å²) in [5.41, 5.74) is 1.90. The number of rotatable bonds is 4. The molecule has 0 aromatic carbocycles. The van der Waals surface area contributed by atoms with Gasteiger partial charge < -0.3 is 5.11 Å². The molecule has 0 saturated heterocycles. The van der Waals surface area contributed by atoms with Crippen LogP contribution in [0.3, 0.4) is 0 Å². The number of carboxylic acids is 1. The quantitative estimate of drug-likeness (QED) is 0.841. The van der Waals surface area contributed by atoms with Gasteiger partial charge in [-0.05, 0) is 12.0 Å². The Balaban J connectivity index is 2.25. The lowest BCUT2D eigenvalue weighted by Crippen LogP contribution is -1.97. The van der Waals surface area contributed by atoms with E-state index in [4.69, 9.17) is 5.11 Å². The summed E-state index contributed by atoms with van der Waals surface area (Å²) >= 11 is 0. The fourth-order valence-corrected chi connectivity index (χ4v) is 1.51. The third-order valence-corrected chi connectivity index (χ3v) is 2.42. The molecule has 2 rings (SSSR count). The Kier molecular flexibility index (Phi) is 2.85. The lowest BCUT2D eigenvalue weighted by molar-refractivity contribution is -0.136. The van der Waals surface area contributed by atoms with Crippen molar-refractivity contribution < 1.29 is 9.90 Å². The molecule has 0 aliphatic carbocycles. The molecule has 2 heterocycles. The van der Waals surface area contributed by atoms with Gasteiger partial charge in [-0.3, -0.25) is 9.20 Å². The van der Waals surface area contributed by atoms with E-state index in [2.05, 4.69) is 16.9 Å². The molecule has 0 saturated carbocycles. The minimum absolute atomic E-state index is 0.102. The molecule has 0 atom stereocenters. The first-order valence-electron chi connectivity index (χ1n) is 5.23. The smallest absolute Gasteiger partial charge is 0.303 e. The van der Waals surface area contributed by atoms with Crippen LogP contribution in [0.15, 0.2) is 18.6 Å². The van der Waals surface area contributed by atoms with Gasteiger partial charge in [0.1, 0.15) is 0 Å². The van der Waals surface area contributed by atoms with Crippen LogP contribution in [0, 0.1) is 0 Å². The van der Waals surface area contributed by atoms with Crippen LogP contribution >= 0.6 is 0 Å². The van der Waals surface area contributed by atoms with Crippen molar-refractivity contribution in [3.05, 3.63) is 29.8 Å². The Morgan fingerprint density at radius 1 is 1.50 bits per heavy atom. The fourth-order valence-electron chi connectivity index (χ4n) is 1.51. The van der Waals surface area contributed by atoms with Crippen molar-refractivity contribution in [2.45, 2.75) is 26.2 Å². The summed E-state index contributed by atoms with van der Waals surface area (Å²) in [6, 6.07) is 0. The Morgan fingerprint density at radius 3 is 3.00 bits per heavy atom. The minimum Gasteiger partial charge on any atom is -0.481 e. The molecule has 5 nitrogen and oxygen atoms in total. The van der Waals surface area contributed by atoms with Gasteiger partial charge in [0.15, 0.2) is 0 Å². The number of carboxylic acid groups (broad SMARTS) is 1. The molecule has 0 amide bonds. The van der Waals surface area contributed by atoms with Gasteiger partial charge in [-0.15, -0.1) is 0 Å². The maximum atomic E-state index is 10.4. The van der Waals surface area contributed by atoms with Crippen LogP contribution in [-0.4, -0.2) is 25.4 Å². The number of aliphatic carboxylic acids is 1. The van der Waals surface area contributed by atoms with Crippen LogP contribution in [0.25, 0.3) is 5.78 Å². The third-order valence-electron chi connectivity index (χ3n) is 2.42. The normalized spacial score (nSPS) is 10.8. The van der Waals surface area contributed by atoms with Crippen LogP contribution in [0.1, 0.15) is 24.6 Å². The Bertz CT molecular complexity index is 519. The molecule has 0 unspecified atom stereocenters. The van der Waals surface area contributed by atoms with E-state index >= 15 is 0 Å². The Hall–Kier alpha value is -1.91. The topological polar surface area (TPSA) is 67.5 Å². The highest BCUT2D eigenvalue weighted by Crippen LogP contribution is 2.07. The standard InChI is InChI=1S/C11H13N3O2/c1-2-8-5-12-11-13-9(3-4-10(15)16)7-14(11)6-8/h5-7H,2-4H2,1H3,(H,15,16). The first kappa shape index (κ1) is 10.6. The van der Waals surface area contributed by atoms with Crippen LogP contribution in [0.4, 0.5) is 0 Å². The van der Waals surface area contributed by atoms with E-state index in [0.29, 0.717) is 12.2 Å². The number of hydrogen-bond acceptors (Lipinski definition) is 3. The van der Waals surface area contributed by atoms with Crippen molar-refractivity contribution in [2.75, 3.05) is 0 Å². The molecular weight excluding hydrogens is 206 g/mol. The zero-order valence-corrected chi connectivity index (χ0v) is 9.05. The van der Waals surface area contributed by atoms with Gasteiger partial charge in [-0.25, -0.2) is 9.97 Å². The van der Waals surface area contributed by atoms with Crippen LogP contribution in [-0.2, 0) is 17.6 Å². The molecule has 0 bridgehead atoms. The summed E-state index contributed by atoms with van der Waals surface area (Å²) < 4.78 is 1.84. The maximum absolute atomic E-state index is 10.4. The van der Waals surface area contributed by atoms with Gasteiger partial charge in [0.05, 0.1) is 12.1 Å². The zero-order chi connectivity index (χ0) is 11.5. The van der Waals surface area contributed by atoms with Gasteiger partial charge in [0.2, 0.25) is 5.78 Å². The van der Waals surface area contributed by atoms with E-state index < -0.39 is 5.97 Å². The second-order valence-electron chi connectivity index (χ2n) is 3.65. The van der Waals surface area contributed by atoms with E-state index in [1.165, 1.54) is 0 Å². The number of aryl methyl sites for hydroxylation is 2. The highest BCUT2D eigenvalue weighted by Gasteiger charge is 2.05. The molecule has 5 heteroatoms. The van der Waals surface area contributed by atoms with E-state index in [1.54, 1.807) is 6.20 Å². The number of aromatic nitrogens is 3. The SMILES string of the molecule is CCc1cnc2nc(CCC(=O)O)cn2c1. The monoisotopic (exact) mass is 219 g/mol. The largest absolute Gasteiger partial charge is 0.481 e. The van der Waals surface area contributed by atoms with Gasteiger partial charge in [-0.2, -0.15) is 0 Å². The van der Waals surface area contributed by atoms with Crippen LogP contribution in [0.2, 0.25) is 0 Å². The number of nitrogens with zero attached hydrogens (tertiary/aromatic N) is 3. The lowest BCUT2D eigenvalue weighted by Gasteiger charge is -1.95. The highest BCUT2D eigenvalue weighted by molar-refractivity contribution is 5.67. The molecule has 1 N–H and O–H groups in total. The Labute approximate surface area is 92.8 Å². The van der Waals surface area contributed by atoms with Gasteiger partial charge in [-0.1, -0.05) is 6.92 Å². The average Bonchev–Trinajstić information content (AvgIpc) is 2.67. The second kappa shape index (κ2) is 4.30. The first-order chi connectivity index (χ1) is 7.69. The van der Waals surface area contributed by atoms with Gasteiger partial charge in [0.25, 0.3) is 0 Å². The molecule has 2 aromatic rings. The zero-order valence-electron chi connectivity index (χ0n) is 9.05. The predicted octanol–water partition coefficient (Wildman–Crippen LogP) is 1.31. The first-order valence-corrected chi connectivity index (χ1v) is 5.23. The summed E-state index contributed by atoms with van der Waals surface area (Å²) in [5, 5.41) is 8.58. The summed E-state index contributed by atoms with van der Waals surface area (Å²) in [4.78, 5) is 18.9. The van der Waals surface area contributed by atoms with E-state index in [1.807, 2.05) is 16.8 Å². The van der Waals surface area contributed by atoms with Crippen LogP contribution in [0.5, 0.6) is 0 Å². The van der Waals surface area contributed by atoms with Gasteiger partial charge in [0, 0.05) is 25.0 Å². The van der Waals surface area contributed by atoms with Crippen molar-refractivity contribution in [1.29, 1.82) is 0 Å². The van der Waals surface area contributed by atoms with E-state index in [-0.39, 0.29) is 6.42 Å². The lowest BCUT2D eigenvalue weighted by atomic mass is 10.2. The van der Waals surface area contributed by atoms with Crippen molar-refractivity contribution >= 4 is 11.7 Å². The molecule has 2 aromatic heterocycles. The maximum Gasteiger partial charge on any atom is 0.303 e. The molecule has 0 aliphatic heterocycles. The van der Waals surface area contributed by atoms with E-state index in [9.17, 15) is 4.79 Å². The predicted molar refractivity (Wildman–Crippen MR) is 58.3 cm³/mol. The number of imidazole rings is 1. The molecule has 0 fully saturated rings. The molecular formula is C11H13N3O2. The molecule has 0 radical (unpaired) electrons. The number of fused-ring (bicyclic) bond motifs is 1.